The number of hydrogen-bond acceptors (Lipinski definition) is 3. The van der Waals surface area contributed by atoms with Crippen molar-refractivity contribution in [3.63, 3.8) is 0 Å². The molecule has 144 valence electrons. The van der Waals surface area contributed by atoms with E-state index in [0.29, 0.717) is 16.8 Å². The Morgan fingerprint density at radius 1 is 1.00 bits per heavy atom. The summed E-state index contributed by atoms with van der Waals surface area (Å²) in [6.45, 7) is 3.22. The minimum Gasteiger partial charge on any atom is -0.480 e. The van der Waals surface area contributed by atoms with Crippen LogP contribution in [0, 0.1) is 5.92 Å². The molecular formula is C22H22N2O4. The minimum atomic E-state index is -1.11. The lowest BCUT2D eigenvalue weighted by Gasteiger charge is -2.40. The Kier molecular flexibility index (Phi) is 5.59. The predicted octanol–water partition coefficient (Wildman–Crippen LogP) is 3.08. The van der Waals surface area contributed by atoms with Gasteiger partial charge in [-0.1, -0.05) is 62.4 Å². The van der Waals surface area contributed by atoms with Gasteiger partial charge in [-0.3, -0.25) is 19.3 Å². The molecule has 0 saturated heterocycles. The van der Waals surface area contributed by atoms with Crippen LogP contribution in [0.4, 0.5) is 0 Å². The van der Waals surface area contributed by atoms with Gasteiger partial charge in [-0.05, 0) is 23.6 Å². The van der Waals surface area contributed by atoms with Gasteiger partial charge in [-0.2, -0.15) is 0 Å². The molecule has 1 N–H and O–H groups in total. The maximum atomic E-state index is 13.3. The number of amides is 2. The van der Waals surface area contributed by atoms with Crippen molar-refractivity contribution in [2.75, 3.05) is 6.54 Å². The number of hydrogen-bond donors (Lipinski definition) is 1. The Balaban J connectivity index is 2.14. The molecule has 0 radical (unpaired) electrons. The second-order valence-corrected chi connectivity index (χ2v) is 6.97. The lowest BCUT2D eigenvalue weighted by molar-refractivity contribution is -0.144. The fraction of sp³-hybridized carbons (Fsp3) is 0.227. The monoisotopic (exact) mass is 378 g/mol. The van der Waals surface area contributed by atoms with Crippen molar-refractivity contribution in [2.24, 2.45) is 5.92 Å². The first kappa shape index (κ1) is 19.4. The third kappa shape index (κ3) is 3.81. The van der Waals surface area contributed by atoms with E-state index in [9.17, 15) is 19.5 Å². The van der Waals surface area contributed by atoms with Crippen LogP contribution in [0.2, 0.25) is 0 Å². The summed E-state index contributed by atoms with van der Waals surface area (Å²) in [5.74, 6) is -2.00. The zero-order valence-electron chi connectivity index (χ0n) is 15.8. The lowest BCUT2D eigenvalue weighted by atomic mass is 9.96. The van der Waals surface area contributed by atoms with E-state index in [1.54, 1.807) is 54.7 Å². The van der Waals surface area contributed by atoms with E-state index in [1.165, 1.54) is 9.80 Å². The fourth-order valence-corrected chi connectivity index (χ4v) is 3.34. The average molecular weight is 378 g/mol. The summed E-state index contributed by atoms with van der Waals surface area (Å²) in [6.07, 6.45) is 1.60. The first-order chi connectivity index (χ1) is 13.4. The summed E-state index contributed by atoms with van der Waals surface area (Å²) in [6, 6.07) is 17.0. The number of benzene rings is 2. The van der Waals surface area contributed by atoms with Crippen molar-refractivity contribution in [2.45, 2.75) is 19.9 Å². The van der Waals surface area contributed by atoms with Crippen molar-refractivity contribution in [1.82, 2.24) is 9.80 Å². The number of nitrogens with zero attached hydrogens (tertiary/aromatic N) is 2. The summed E-state index contributed by atoms with van der Waals surface area (Å²) >= 11 is 0. The zero-order valence-corrected chi connectivity index (χ0v) is 15.8. The van der Waals surface area contributed by atoms with Gasteiger partial charge in [0.15, 0.2) is 0 Å². The summed E-state index contributed by atoms with van der Waals surface area (Å²) < 4.78 is 0. The van der Waals surface area contributed by atoms with Crippen LogP contribution in [0.15, 0.2) is 66.9 Å². The standard InChI is InChI=1S/C22H22N2O4/c1-15(2)20-22(28)23(14-19(25)26)18(16-9-5-3-6-10-16)13-24(20)21(27)17-11-7-4-8-12-17/h3-13,15,20H,14H2,1-2H3,(H,25,26). The summed E-state index contributed by atoms with van der Waals surface area (Å²) in [5, 5.41) is 9.32. The predicted molar refractivity (Wildman–Crippen MR) is 105 cm³/mol. The minimum absolute atomic E-state index is 0.190. The highest BCUT2D eigenvalue weighted by Gasteiger charge is 2.41. The molecule has 0 aromatic heterocycles. The molecule has 6 heteroatoms. The van der Waals surface area contributed by atoms with E-state index in [4.69, 9.17) is 0 Å². The SMILES string of the molecule is CC(C)C1C(=O)N(CC(=O)O)C(c2ccccc2)=CN1C(=O)c1ccccc1. The van der Waals surface area contributed by atoms with Gasteiger partial charge in [0.2, 0.25) is 0 Å². The number of carboxylic acid groups (broad SMARTS) is 1. The van der Waals surface area contributed by atoms with Crippen LogP contribution in [0.3, 0.4) is 0 Å². The van der Waals surface area contributed by atoms with Crippen LogP contribution in [0.5, 0.6) is 0 Å². The third-order valence-corrected chi connectivity index (χ3v) is 4.62. The zero-order chi connectivity index (χ0) is 20.3. The molecule has 2 aromatic rings. The number of aliphatic carboxylic acids is 1. The van der Waals surface area contributed by atoms with Crippen molar-refractivity contribution in [3.05, 3.63) is 78.0 Å². The molecule has 3 rings (SSSR count). The van der Waals surface area contributed by atoms with Crippen molar-refractivity contribution in [1.29, 1.82) is 0 Å². The first-order valence-electron chi connectivity index (χ1n) is 9.08. The van der Waals surface area contributed by atoms with Crippen molar-refractivity contribution < 1.29 is 19.5 Å². The van der Waals surface area contributed by atoms with E-state index in [1.807, 2.05) is 26.0 Å². The topological polar surface area (TPSA) is 77.9 Å². The van der Waals surface area contributed by atoms with Crippen molar-refractivity contribution in [3.8, 4) is 0 Å². The quantitative estimate of drug-likeness (QED) is 0.867. The Labute approximate surface area is 163 Å². The van der Waals surface area contributed by atoms with E-state index in [2.05, 4.69) is 0 Å². The highest BCUT2D eigenvalue weighted by atomic mass is 16.4. The van der Waals surface area contributed by atoms with Crippen LogP contribution in [0.25, 0.3) is 5.70 Å². The Morgan fingerprint density at radius 2 is 1.57 bits per heavy atom. The van der Waals surface area contributed by atoms with Gasteiger partial charge < -0.3 is 10.0 Å². The molecule has 0 spiro atoms. The maximum Gasteiger partial charge on any atom is 0.323 e. The van der Waals surface area contributed by atoms with Gasteiger partial charge in [-0.25, -0.2) is 0 Å². The molecule has 1 aliphatic rings. The molecule has 1 unspecified atom stereocenters. The van der Waals surface area contributed by atoms with Crippen LogP contribution >= 0.6 is 0 Å². The van der Waals surface area contributed by atoms with Gasteiger partial charge >= 0.3 is 5.97 Å². The normalized spacial score (nSPS) is 16.9. The van der Waals surface area contributed by atoms with Gasteiger partial charge in [-0.15, -0.1) is 0 Å². The van der Waals surface area contributed by atoms with Crippen LogP contribution < -0.4 is 0 Å². The van der Waals surface area contributed by atoms with Gasteiger partial charge in [0.05, 0.1) is 5.70 Å². The molecule has 0 saturated carbocycles. The third-order valence-electron chi connectivity index (χ3n) is 4.62. The molecule has 6 nitrogen and oxygen atoms in total. The van der Waals surface area contributed by atoms with Crippen molar-refractivity contribution >= 4 is 23.5 Å². The lowest BCUT2D eigenvalue weighted by Crippen LogP contribution is -2.55. The highest BCUT2D eigenvalue weighted by Crippen LogP contribution is 2.30. The van der Waals surface area contributed by atoms with Gasteiger partial charge in [0, 0.05) is 11.8 Å². The summed E-state index contributed by atoms with van der Waals surface area (Å²) in [7, 11) is 0. The molecule has 0 fully saturated rings. The van der Waals surface area contributed by atoms with Gasteiger partial charge in [0.1, 0.15) is 12.6 Å². The van der Waals surface area contributed by atoms with E-state index in [-0.39, 0.29) is 11.8 Å². The number of rotatable bonds is 5. The summed E-state index contributed by atoms with van der Waals surface area (Å²) in [5.41, 5.74) is 1.54. The van der Waals surface area contributed by atoms with E-state index < -0.39 is 24.5 Å². The van der Waals surface area contributed by atoms with Crippen LogP contribution in [-0.4, -0.2) is 45.3 Å². The second-order valence-electron chi connectivity index (χ2n) is 6.97. The molecule has 1 heterocycles. The number of carboxylic acids is 1. The van der Waals surface area contributed by atoms with E-state index >= 15 is 0 Å². The Bertz CT molecular complexity index is 907. The highest BCUT2D eigenvalue weighted by molar-refractivity contribution is 6.03. The molecule has 2 amide bonds. The fourth-order valence-electron chi connectivity index (χ4n) is 3.34. The number of carbonyl (C=O) groups is 3. The molecule has 0 bridgehead atoms. The second kappa shape index (κ2) is 8.08. The Morgan fingerprint density at radius 3 is 2.11 bits per heavy atom. The largest absolute Gasteiger partial charge is 0.480 e. The molecule has 1 aliphatic heterocycles. The molecular weight excluding hydrogens is 356 g/mol. The van der Waals surface area contributed by atoms with E-state index in [0.717, 1.165) is 0 Å². The van der Waals surface area contributed by atoms with Crippen LogP contribution in [0.1, 0.15) is 29.8 Å². The average Bonchev–Trinajstić information content (AvgIpc) is 2.69. The molecule has 1 atom stereocenters. The summed E-state index contributed by atoms with van der Waals surface area (Å²) in [4.78, 5) is 40.5. The smallest absolute Gasteiger partial charge is 0.323 e. The number of carbonyl (C=O) groups excluding carboxylic acids is 2. The molecule has 0 aliphatic carbocycles. The maximum absolute atomic E-state index is 13.3. The molecule has 2 aromatic carbocycles. The van der Waals surface area contributed by atoms with Crippen LogP contribution in [-0.2, 0) is 9.59 Å². The first-order valence-corrected chi connectivity index (χ1v) is 9.08. The Hall–Kier alpha value is -3.41. The molecule has 28 heavy (non-hydrogen) atoms. The van der Waals surface area contributed by atoms with Gasteiger partial charge in [0.25, 0.3) is 11.8 Å².